The second-order valence-electron chi connectivity index (χ2n) is 6.77. The van der Waals surface area contributed by atoms with Crippen LogP contribution in [-0.2, 0) is 6.61 Å². The third kappa shape index (κ3) is 5.29. The Kier molecular flexibility index (Phi) is 6.59. The Hall–Kier alpha value is -3.64. The Morgan fingerprint density at radius 1 is 0.968 bits per heavy atom. The van der Waals surface area contributed by atoms with E-state index in [0.717, 1.165) is 27.0 Å². The molecular formula is C25H20BrN3O2. The summed E-state index contributed by atoms with van der Waals surface area (Å²) in [5.41, 5.74) is 5.87. The molecule has 0 spiro atoms. The van der Waals surface area contributed by atoms with Crippen LogP contribution in [-0.4, -0.2) is 16.7 Å². The molecule has 1 amide bonds. The second-order valence-corrected chi connectivity index (χ2v) is 7.63. The topological polar surface area (TPSA) is 55.6 Å². The van der Waals surface area contributed by atoms with Crippen LogP contribution in [0.25, 0.3) is 5.69 Å². The van der Waals surface area contributed by atoms with Gasteiger partial charge in [-0.3, -0.25) is 4.79 Å². The van der Waals surface area contributed by atoms with Crippen molar-refractivity contribution in [2.45, 2.75) is 6.61 Å². The van der Waals surface area contributed by atoms with Crippen molar-refractivity contribution in [1.82, 2.24) is 9.99 Å². The molecule has 154 valence electrons. The first-order valence-electron chi connectivity index (χ1n) is 9.73. The van der Waals surface area contributed by atoms with Gasteiger partial charge in [0.25, 0.3) is 5.91 Å². The Labute approximate surface area is 189 Å². The molecular weight excluding hydrogens is 454 g/mol. The van der Waals surface area contributed by atoms with Gasteiger partial charge in [0.1, 0.15) is 12.4 Å². The van der Waals surface area contributed by atoms with Crippen LogP contribution in [0, 0.1) is 0 Å². The highest BCUT2D eigenvalue weighted by Gasteiger charge is 2.11. The van der Waals surface area contributed by atoms with E-state index in [4.69, 9.17) is 4.74 Å². The van der Waals surface area contributed by atoms with E-state index in [9.17, 15) is 4.79 Å². The van der Waals surface area contributed by atoms with Crippen LogP contribution < -0.4 is 10.2 Å². The van der Waals surface area contributed by atoms with Crippen molar-refractivity contribution in [3.05, 3.63) is 118 Å². The lowest BCUT2D eigenvalue weighted by Crippen LogP contribution is -2.19. The Morgan fingerprint density at radius 2 is 1.71 bits per heavy atom. The molecule has 31 heavy (non-hydrogen) atoms. The number of carbonyl (C=O) groups excluding carboxylic acids is 1. The van der Waals surface area contributed by atoms with Crippen molar-refractivity contribution in [3.8, 4) is 11.4 Å². The molecule has 3 aromatic carbocycles. The number of amides is 1. The largest absolute Gasteiger partial charge is 0.488 e. The van der Waals surface area contributed by atoms with Gasteiger partial charge in [0, 0.05) is 12.4 Å². The lowest BCUT2D eigenvalue weighted by molar-refractivity contribution is 0.0955. The number of nitrogens with one attached hydrogen (secondary N) is 1. The van der Waals surface area contributed by atoms with Crippen molar-refractivity contribution in [2.75, 3.05) is 0 Å². The van der Waals surface area contributed by atoms with Crippen molar-refractivity contribution in [2.24, 2.45) is 5.10 Å². The summed E-state index contributed by atoms with van der Waals surface area (Å²) in [4.78, 5) is 12.6. The number of hydrogen-bond donors (Lipinski definition) is 1. The summed E-state index contributed by atoms with van der Waals surface area (Å²) < 4.78 is 8.57. The first-order valence-corrected chi connectivity index (χ1v) is 10.5. The summed E-state index contributed by atoms with van der Waals surface area (Å²) >= 11 is 3.53. The molecule has 0 unspecified atom stereocenters. The second kappa shape index (κ2) is 9.91. The molecule has 6 heteroatoms. The summed E-state index contributed by atoms with van der Waals surface area (Å²) in [6.07, 6.45) is 5.39. The molecule has 0 atom stereocenters. The van der Waals surface area contributed by atoms with E-state index in [2.05, 4.69) is 26.5 Å². The number of nitrogens with zero attached hydrogens (tertiary/aromatic N) is 2. The van der Waals surface area contributed by atoms with Crippen molar-refractivity contribution >= 4 is 28.1 Å². The zero-order valence-corrected chi connectivity index (χ0v) is 18.2. The van der Waals surface area contributed by atoms with Crippen LogP contribution in [0.5, 0.6) is 5.75 Å². The monoisotopic (exact) mass is 473 g/mol. The summed E-state index contributed by atoms with van der Waals surface area (Å²) in [7, 11) is 0. The number of hydrazone groups is 1. The molecule has 0 aliphatic carbocycles. The summed E-state index contributed by atoms with van der Waals surface area (Å²) in [6.45, 7) is 0.490. The van der Waals surface area contributed by atoms with E-state index in [-0.39, 0.29) is 5.91 Å². The van der Waals surface area contributed by atoms with Crippen LogP contribution >= 0.6 is 15.9 Å². The molecule has 1 aromatic heterocycles. The highest BCUT2D eigenvalue weighted by Crippen LogP contribution is 2.26. The third-order valence-electron chi connectivity index (χ3n) is 4.60. The Morgan fingerprint density at radius 3 is 2.48 bits per heavy atom. The molecule has 0 bridgehead atoms. The molecule has 0 saturated carbocycles. The maximum absolute atomic E-state index is 12.6. The highest BCUT2D eigenvalue weighted by atomic mass is 79.9. The van der Waals surface area contributed by atoms with Crippen LogP contribution in [0.3, 0.4) is 0 Å². The normalized spacial score (nSPS) is 10.9. The quantitative estimate of drug-likeness (QED) is 0.281. The fourth-order valence-corrected chi connectivity index (χ4v) is 3.57. The minimum atomic E-state index is -0.276. The van der Waals surface area contributed by atoms with Crippen LogP contribution in [0.2, 0.25) is 0 Å². The molecule has 1 N–H and O–H groups in total. The average Bonchev–Trinajstić information content (AvgIpc) is 3.34. The van der Waals surface area contributed by atoms with E-state index < -0.39 is 0 Å². The van der Waals surface area contributed by atoms with Gasteiger partial charge < -0.3 is 9.30 Å². The molecule has 0 aliphatic heterocycles. The van der Waals surface area contributed by atoms with E-state index in [0.29, 0.717) is 12.2 Å². The summed E-state index contributed by atoms with van der Waals surface area (Å²) in [5.74, 6) is 0.466. The first kappa shape index (κ1) is 20.6. The third-order valence-corrected chi connectivity index (χ3v) is 5.22. The standard InChI is InChI=1S/C25H20BrN3O2/c26-22-16-20(12-13-24(22)31-18-19-8-2-1-3-9-19)17-27-28-25(30)21-10-4-5-11-23(21)29-14-6-7-15-29/h1-17H,18H2,(H,28,30)/b27-17-. The van der Waals surface area contributed by atoms with Gasteiger partial charge in [0.2, 0.25) is 0 Å². The van der Waals surface area contributed by atoms with Crippen molar-refractivity contribution < 1.29 is 9.53 Å². The maximum atomic E-state index is 12.6. The maximum Gasteiger partial charge on any atom is 0.273 e. The predicted octanol–water partition coefficient (Wildman–Crippen LogP) is 5.58. The zero-order chi connectivity index (χ0) is 21.5. The van der Waals surface area contributed by atoms with Crippen molar-refractivity contribution in [1.29, 1.82) is 0 Å². The average molecular weight is 474 g/mol. The van der Waals surface area contributed by atoms with Crippen LogP contribution in [0.15, 0.2) is 107 Å². The number of para-hydroxylation sites is 1. The summed E-state index contributed by atoms with van der Waals surface area (Å²) in [5, 5.41) is 4.11. The van der Waals surface area contributed by atoms with E-state index >= 15 is 0 Å². The Balaban J connectivity index is 1.39. The van der Waals surface area contributed by atoms with Crippen molar-refractivity contribution in [3.63, 3.8) is 0 Å². The lowest BCUT2D eigenvalue weighted by atomic mass is 10.1. The number of carbonyl (C=O) groups is 1. The van der Waals surface area contributed by atoms with Gasteiger partial charge >= 0.3 is 0 Å². The fraction of sp³-hybridized carbons (Fsp3) is 0.0400. The minimum absolute atomic E-state index is 0.276. The number of halogens is 1. The predicted molar refractivity (Wildman–Crippen MR) is 126 cm³/mol. The van der Waals surface area contributed by atoms with Gasteiger partial charge in [0.05, 0.1) is 21.9 Å². The molecule has 4 rings (SSSR count). The van der Waals surface area contributed by atoms with Gasteiger partial charge in [-0.25, -0.2) is 5.43 Å². The fourth-order valence-electron chi connectivity index (χ4n) is 3.06. The van der Waals surface area contributed by atoms with Gasteiger partial charge in [-0.05, 0) is 69.5 Å². The number of rotatable bonds is 7. The summed E-state index contributed by atoms with van der Waals surface area (Å²) in [6, 6.07) is 26.9. The first-order chi connectivity index (χ1) is 15.2. The molecule has 0 aliphatic rings. The van der Waals surface area contributed by atoms with Gasteiger partial charge in [-0.1, -0.05) is 42.5 Å². The number of hydrogen-bond acceptors (Lipinski definition) is 3. The molecule has 0 fully saturated rings. The lowest BCUT2D eigenvalue weighted by Gasteiger charge is -2.09. The van der Waals surface area contributed by atoms with E-state index in [1.165, 1.54) is 0 Å². The molecule has 0 radical (unpaired) electrons. The minimum Gasteiger partial charge on any atom is -0.488 e. The van der Waals surface area contributed by atoms with Gasteiger partial charge in [-0.15, -0.1) is 0 Å². The number of benzene rings is 3. The molecule has 4 aromatic rings. The zero-order valence-electron chi connectivity index (χ0n) is 16.6. The van der Waals surface area contributed by atoms with E-state index in [1.807, 2.05) is 95.8 Å². The van der Waals surface area contributed by atoms with Crippen LogP contribution in [0.1, 0.15) is 21.5 Å². The van der Waals surface area contributed by atoms with Crippen LogP contribution in [0.4, 0.5) is 0 Å². The highest BCUT2D eigenvalue weighted by molar-refractivity contribution is 9.10. The number of aromatic nitrogens is 1. The molecule has 5 nitrogen and oxygen atoms in total. The van der Waals surface area contributed by atoms with E-state index in [1.54, 1.807) is 12.3 Å². The van der Waals surface area contributed by atoms with Gasteiger partial charge in [0.15, 0.2) is 0 Å². The SMILES string of the molecule is O=C(N/N=C\c1ccc(OCc2ccccc2)c(Br)c1)c1ccccc1-n1cccc1. The number of ether oxygens (including phenoxy) is 1. The van der Waals surface area contributed by atoms with Gasteiger partial charge in [-0.2, -0.15) is 5.10 Å². The Bertz CT molecular complexity index is 1190. The smallest absolute Gasteiger partial charge is 0.273 e. The molecule has 1 heterocycles. The molecule has 0 saturated heterocycles.